The van der Waals surface area contributed by atoms with Crippen LogP contribution in [0.3, 0.4) is 0 Å². The zero-order valence-electron chi connectivity index (χ0n) is 14.9. The molecular weight excluding hydrogens is 345 g/mol. The van der Waals surface area contributed by atoms with Crippen LogP contribution in [0, 0.1) is 5.92 Å². The van der Waals surface area contributed by atoms with Crippen LogP contribution in [0.2, 0.25) is 0 Å². The van der Waals surface area contributed by atoms with E-state index in [0.29, 0.717) is 18.0 Å². The number of hydrogen-bond acceptors (Lipinski definition) is 3. The van der Waals surface area contributed by atoms with Gasteiger partial charge in [0, 0.05) is 30.9 Å². The largest absolute Gasteiger partial charge is 0.372 e. The zero-order valence-corrected chi connectivity index (χ0v) is 16.5. The molecule has 0 aromatic heterocycles. The van der Waals surface area contributed by atoms with Crippen LogP contribution in [-0.2, 0) is 0 Å². The van der Waals surface area contributed by atoms with Gasteiger partial charge in [-0.2, -0.15) is 0 Å². The topological polar surface area (TPSA) is 58.4 Å². The van der Waals surface area contributed by atoms with E-state index < -0.39 is 0 Å². The van der Waals surface area contributed by atoms with Gasteiger partial charge < -0.3 is 16.0 Å². The van der Waals surface area contributed by atoms with Crippen molar-refractivity contribution in [3.05, 3.63) is 29.8 Å². The second kappa shape index (κ2) is 10.1. The van der Waals surface area contributed by atoms with Crippen molar-refractivity contribution in [2.75, 3.05) is 24.5 Å². The average Bonchev–Trinajstić information content (AvgIpc) is 3.38. The highest BCUT2D eigenvalue weighted by Crippen LogP contribution is 2.39. The number of hydrogen-bond donors (Lipinski definition) is 2. The lowest BCUT2D eigenvalue weighted by Gasteiger charge is -2.29. The number of benzene rings is 1. The van der Waals surface area contributed by atoms with E-state index in [1.54, 1.807) is 0 Å². The van der Waals surface area contributed by atoms with Crippen LogP contribution < -0.4 is 16.0 Å². The standard InChI is InChI=1S/C18H29N3O.2ClH/c1-4-12-21(5-2)16-10-6-14(7-11-16)17(22)20-18(3,13-19)15-8-9-15;;/h6-7,10-11,15H,4-5,8-9,12-13,19H2,1-3H3,(H,20,22);2*1H. The Morgan fingerprint density at radius 3 is 2.25 bits per heavy atom. The van der Waals surface area contributed by atoms with E-state index in [1.165, 1.54) is 5.69 Å². The molecule has 4 nitrogen and oxygen atoms in total. The molecule has 0 aliphatic heterocycles. The van der Waals surface area contributed by atoms with Gasteiger partial charge in [0.1, 0.15) is 0 Å². The van der Waals surface area contributed by atoms with Gasteiger partial charge in [0.25, 0.3) is 5.91 Å². The molecule has 1 aromatic rings. The molecule has 1 fully saturated rings. The average molecular weight is 376 g/mol. The Morgan fingerprint density at radius 2 is 1.83 bits per heavy atom. The maximum absolute atomic E-state index is 12.4. The minimum Gasteiger partial charge on any atom is -0.372 e. The van der Waals surface area contributed by atoms with Gasteiger partial charge in [-0.15, -0.1) is 24.8 Å². The molecule has 24 heavy (non-hydrogen) atoms. The SMILES string of the molecule is CCCN(CC)c1ccc(C(=O)NC(C)(CN)C2CC2)cc1.Cl.Cl. The number of anilines is 1. The van der Waals surface area contributed by atoms with Crippen molar-refractivity contribution in [1.82, 2.24) is 5.32 Å². The third-order valence-electron chi connectivity index (χ3n) is 4.67. The molecule has 0 heterocycles. The summed E-state index contributed by atoms with van der Waals surface area (Å²) in [6, 6.07) is 7.88. The van der Waals surface area contributed by atoms with Crippen molar-refractivity contribution < 1.29 is 4.79 Å². The van der Waals surface area contributed by atoms with Crippen LogP contribution in [0.1, 0.15) is 50.4 Å². The van der Waals surface area contributed by atoms with Crippen molar-refractivity contribution in [3.63, 3.8) is 0 Å². The van der Waals surface area contributed by atoms with Gasteiger partial charge in [0.15, 0.2) is 0 Å². The number of nitrogens with one attached hydrogen (secondary N) is 1. The van der Waals surface area contributed by atoms with E-state index in [2.05, 4.69) is 31.0 Å². The highest BCUT2D eigenvalue weighted by Gasteiger charge is 2.41. The summed E-state index contributed by atoms with van der Waals surface area (Å²) in [4.78, 5) is 14.8. The maximum Gasteiger partial charge on any atom is 0.251 e. The quantitative estimate of drug-likeness (QED) is 0.729. The predicted octanol–water partition coefficient (Wildman–Crippen LogP) is 3.62. The Bertz CT molecular complexity index is 505. The van der Waals surface area contributed by atoms with Gasteiger partial charge in [-0.1, -0.05) is 6.92 Å². The molecular formula is C18H31Cl2N3O. The fourth-order valence-electron chi connectivity index (χ4n) is 2.94. The summed E-state index contributed by atoms with van der Waals surface area (Å²) < 4.78 is 0. The van der Waals surface area contributed by atoms with Crippen molar-refractivity contribution in [3.8, 4) is 0 Å². The van der Waals surface area contributed by atoms with Crippen LogP contribution in [0.5, 0.6) is 0 Å². The van der Waals surface area contributed by atoms with E-state index >= 15 is 0 Å². The molecule has 138 valence electrons. The molecule has 3 N–H and O–H groups in total. The first-order valence-corrected chi connectivity index (χ1v) is 8.41. The molecule has 0 bridgehead atoms. The Labute approximate surface area is 158 Å². The van der Waals surface area contributed by atoms with E-state index in [9.17, 15) is 4.79 Å². The number of carbonyl (C=O) groups is 1. The molecule has 1 saturated carbocycles. The first kappa shape index (κ1) is 23.0. The lowest BCUT2D eigenvalue weighted by Crippen LogP contribution is -2.53. The van der Waals surface area contributed by atoms with E-state index in [-0.39, 0.29) is 36.3 Å². The van der Waals surface area contributed by atoms with Gasteiger partial charge in [-0.05, 0) is 63.3 Å². The van der Waals surface area contributed by atoms with Gasteiger partial charge in [-0.3, -0.25) is 4.79 Å². The Hall–Kier alpha value is -0.970. The summed E-state index contributed by atoms with van der Waals surface area (Å²) in [5, 5.41) is 3.13. The molecule has 1 atom stereocenters. The Balaban J connectivity index is 0.00000264. The van der Waals surface area contributed by atoms with E-state index in [4.69, 9.17) is 5.73 Å². The smallest absolute Gasteiger partial charge is 0.251 e. The third kappa shape index (κ3) is 5.54. The number of amides is 1. The van der Waals surface area contributed by atoms with Crippen molar-refractivity contribution in [1.29, 1.82) is 0 Å². The summed E-state index contributed by atoms with van der Waals surface area (Å²) in [5.74, 6) is 0.505. The van der Waals surface area contributed by atoms with E-state index in [1.807, 2.05) is 24.3 Å². The molecule has 2 rings (SSSR count). The zero-order chi connectivity index (χ0) is 16.2. The molecule has 6 heteroatoms. The van der Waals surface area contributed by atoms with Crippen LogP contribution >= 0.6 is 24.8 Å². The number of nitrogens with zero attached hydrogens (tertiary/aromatic N) is 1. The Kier molecular flexibility index (Phi) is 9.71. The fourth-order valence-corrected chi connectivity index (χ4v) is 2.94. The molecule has 0 radical (unpaired) electrons. The van der Waals surface area contributed by atoms with E-state index in [0.717, 1.165) is 32.4 Å². The van der Waals surface area contributed by atoms with Gasteiger partial charge in [-0.25, -0.2) is 0 Å². The van der Waals surface area contributed by atoms with Gasteiger partial charge in [0.2, 0.25) is 0 Å². The molecule has 1 aromatic carbocycles. The minimum atomic E-state index is -0.270. The van der Waals surface area contributed by atoms with Crippen molar-refractivity contribution in [2.45, 2.75) is 45.6 Å². The summed E-state index contributed by atoms with van der Waals surface area (Å²) in [5.41, 5.74) is 7.47. The highest BCUT2D eigenvalue weighted by atomic mass is 35.5. The maximum atomic E-state index is 12.4. The minimum absolute atomic E-state index is 0. The van der Waals surface area contributed by atoms with Crippen LogP contribution in [0.15, 0.2) is 24.3 Å². The molecule has 0 saturated heterocycles. The normalized spacial score (nSPS) is 15.5. The predicted molar refractivity (Wildman–Crippen MR) is 107 cm³/mol. The first-order valence-electron chi connectivity index (χ1n) is 8.41. The Morgan fingerprint density at radius 1 is 1.25 bits per heavy atom. The second-order valence-corrected chi connectivity index (χ2v) is 6.48. The molecule has 1 aliphatic carbocycles. The summed E-state index contributed by atoms with van der Waals surface area (Å²) in [6.45, 7) is 8.88. The summed E-state index contributed by atoms with van der Waals surface area (Å²) in [6.07, 6.45) is 3.44. The lowest BCUT2D eigenvalue weighted by molar-refractivity contribution is 0.0898. The molecule has 0 spiro atoms. The third-order valence-corrected chi connectivity index (χ3v) is 4.67. The van der Waals surface area contributed by atoms with Crippen molar-refractivity contribution in [2.24, 2.45) is 11.7 Å². The second-order valence-electron chi connectivity index (χ2n) is 6.48. The lowest BCUT2D eigenvalue weighted by atomic mass is 9.95. The molecule has 1 unspecified atom stereocenters. The monoisotopic (exact) mass is 375 g/mol. The summed E-state index contributed by atoms with van der Waals surface area (Å²) in [7, 11) is 0. The van der Waals surface area contributed by atoms with Crippen LogP contribution in [-0.4, -0.2) is 31.1 Å². The molecule has 1 aliphatic rings. The van der Waals surface area contributed by atoms with Crippen LogP contribution in [0.25, 0.3) is 0 Å². The number of carbonyl (C=O) groups excluding carboxylic acids is 1. The molecule has 1 amide bonds. The number of nitrogens with two attached hydrogens (primary N) is 1. The number of halogens is 2. The first-order chi connectivity index (χ1) is 10.5. The highest BCUT2D eigenvalue weighted by molar-refractivity contribution is 5.95. The van der Waals surface area contributed by atoms with Crippen molar-refractivity contribution >= 4 is 36.4 Å². The summed E-state index contributed by atoms with van der Waals surface area (Å²) >= 11 is 0. The van der Waals surface area contributed by atoms with Gasteiger partial charge >= 0.3 is 0 Å². The van der Waals surface area contributed by atoms with Gasteiger partial charge in [0.05, 0.1) is 5.54 Å². The number of rotatable bonds is 8. The fraction of sp³-hybridized carbons (Fsp3) is 0.611. The van der Waals surface area contributed by atoms with Crippen LogP contribution in [0.4, 0.5) is 5.69 Å².